The minimum Gasteiger partial charge on any atom is -0.361 e. The number of aromatic amines is 1. The summed E-state index contributed by atoms with van der Waals surface area (Å²) >= 11 is 6.09. The van der Waals surface area contributed by atoms with Crippen LogP contribution in [0.1, 0.15) is 41.5 Å². The Labute approximate surface area is 203 Å². The molecule has 1 aliphatic rings. The quantitative estimate of drug-likeness (QED) is 0.391. The highest BCUT2D eigenvalue weighted by molar-refractivity contribution is 6.31. The molecular weight excluding hydrogens is 446 g/mol. The molecule has 2 heterocycles. The highest BCUT2D eigenvalue weighted by Gasteiger charge is 2.27. The third-order valence-electron chi connectivity index (χ3n) is 6.64. The van der Waals surface area contributed by atoms with E-state index in [1.807, 2.05) is 41.3 Å². The van der Waals surface area contributed by atoms with Gasteiger partial charge in [-0.3, -0.25) is 4.79 Å². The molecule has 2 N–H and O–H groups in total. The van der Waals surface area contributed by atoms with Gasteiger partial charge in [0.15, 0.2) is 5.43 Å². The van der Waals surface area contributed by atoms with Crippen molar-refractivity contribution in [2.45, 2.75) is 24.8 Å². The number of hydrogen-bond donors (Lipinski definition) is 2. The number of carbonyl (C=O) groups excluding carboxylic acids is 1. The number of carbonyl (C=O) groups is 1. The standard InChI is InChI=1S/C28H26ClN3O2/c29-22-11-12-23-25(17-22)30-18-24(27(23)33)26(21-9-5-2-6-10-21)31-28(34)32-15-13-20(14-16-32)19-7-3-1-4-8-19/h1-12,17-18,20,26H,13-16H2,(H,30,33)(H,31,34). The van der Waals surface area contributed by atoms with Crippen LogP contribution < -0.4 is 10.7 Å². The molecule has 0 spiro atoms. The largest absolute Gasteiger partial charge is 0.361 e. The molecule has 6 heteroatoms. The molecule has 1 atom stereocenters. The van der Waals surface area contributed by atoms with E-state index in [0.717, 1.165) is 18.4 Å². The molecule has 172 valence electrons. The molecule has 3 aromatic carbocycles. The number of pyridine rings is 1. The predicted octanol–water partition coefficient (Wildman–Crippen LogP) is 5.86. The van der Waals surface area contributed by atoms with E-state index in [2.05, 4.69) is 34.6 Å². The van der Waals surface area contributed by atoms with Crippen molar-refractivity contribution in [3.05, 3.63) is 117 Å². The van der Waals surface area contributed by atoms with E-state index in [1.165, 1.54) is 5.56 Å². The molecule has 34 heavy (non-hydrogen) atoms. The van der Waals surface area contributed by atoms with Crippen LogP contribution in [-0.4, -0.2) is 29.0 Å². The summed E-state index contributed by atoms with van der Waals surface area (Å²) in [6.07, 6.45) is 3.52. The van der Waals surface area contributed by atoms with Crippen LogP contribution in [0.25, 0.3) is 10.9 Å². The molecule has 0 saturated carbocycles. The van der Waals surface area contributed by atoms with E-state index in [4.69, 9.17) is 11.6 Å². The first-order chi connectivity index (χ1) is 16.6. The Kier molecular flexibility index (Phi) is 6.37. The van der Waals surface area contributed by atoms with E-state index in [1.54, 1.807) is 24.4 Å². The minimum atomic E-state index is -0.565. The lowest BCUT2D eigenvalue weighted by atomic mass is 9.89. The Morgan fingerprint density at radius 3 is 2.35 bits per heavy atom. The fourth-order valence-corrected chi connectivity index (χ4v) is 4.94. The van der Waals surface area contributed by atoms with Crippen LogP contribution in [-0.2, 0) is 0 Å². The molecule has 0 radical (unpaired) electrons. The van der Waals surface area contributed by atoms with Gasteiger partial charge in [-0.15, -0.1) is 0 Å². The Morgan fingerprint density at radius 1 is 0.971 bits per heavy atom. The van der Waals surface area contributed by atoms with Gasteiger partial charge >= 0.3 is 6.03 Å². The molecule has 1 unspecified atom stereocenters. The normalized spacial score (nSPS) is 15.3. The number of hydrogen-bond acceptors (Lipinski definition) is 2. The number of benzene rings is 3. The Balaban J connectivity index is 1.39. The number of nitrogens with one attached hydrogen (secondary N) is 2. The van der Waals surface area contributed by atoms with E-state index in [0.29, 0.717) is 40.5 Å². The average Bonchev–Trinajstić information content (AvgIpc) is 2.89. The Morgan fingerprint density at radius 2 is 1.65 bits per heavy atom. The van der Waals surface area contributed by atoms with Crippen LogP contribution >= 0.6 is 11.6 Å². The summed E-state index contributed by atoms with van der Waals surface area (Å²) < 4.78 is 0. The maximum absolute atomic E-state index is 13.4. The number of urea groups is 1. The van der Waals surface area contributed by atoms with E-state index < -0.39 is 6.04 Å². The summed E-state index contributed by atoms with van der Waals surface area (Å²) in [5.41, 5.74) is 3.22. The average molecular weight is 472 g/mol. The maximum atomic E-state index is 13.4. The number of H-pyrrole nitrogens is 1. The lowest BCUT2D eigenvalue weighted by molar-refractivity contribution is 0.179. The number of halogens is 1. The van der Waals surface area contributed by atoms with Crippen LogP contribution in [0.15, 0.2) is 89.9 Å². The van der Waals surface area contributed by atoms with Crippen molar-refractivity contribution < 1.29 is 4.79 Å². The van der Waals surface area contributed by atoms with Crippen molar-refractivity contribution in [1.82, 2.24) is 15.2 Å². The summed E-state index contributed by atoms with van der Waals surface area (Å²) in [5, 5.41) is 4.23. The Hall–Kier alpha value is -3.57. The van der Waals surface area contributed by atoms with Gasteiger partial charge in [0.25, 0.3) is 0 Å². The molecule has 1 aliphatic heterocycles. The first kappa shape index (κ1) is 22.2. The van der Waals surface area contributed by atoms with E-state index in [-0.39, 0.29) is 11.5 Å². The molecular formula is C28H26ClN3O2. The lowest BCUT2D eigenvalue weighted by Gasteiger charge is -2.33. The molecule has 0 aliphatic carbocycles. The van der Waals surface area contributed by atoms with E-state index >= 15 is 0 Å². The molecule has 5 nitrogen and oxygen atoms in total. The van der Waals surface area contributed by atoms with Crippen molar-refractivity contribution in [2.24, 2.45) is 0 Å². The fourth-order valence-electron chi connectivity index (χ4n) is 4.77. The van der Waals surface area contributed by atoms with Gasteiger partial charge in [0.1, 0.15) is 0 Å². The van der Waals surface area contributed by atoms with Crippen molar-refractivity contribution in [2.75, 3.05) is 13.1 Å². The van der Waals surface area contributed by atoms with Gasteiger partial charge in [-0.2, -0.15) is 0 Å². The second-order valence-corrected chi connectivity index (χ2v) is 9.16. The molecule has 1 saturated heterocycles. The van der Waals surface area contributed by atoms with Gasteiger partial charge < -0.3 is 15.2 Å². The highest BCUT2D eigenvalue weighted by Crippen LogP contribution is 2.28. The zero-order valence-electron chi connectivity index (χ0n) is 18.7. The molecule has 5 rings (SSSR count). The van der Waals surface area contributed by atoms with Gasteiger partial charge in [0.2, 0.25) is 0 Å². The van der Waals surface area contributed by atoms with Crippen molar-refractivity contribution >= 4 is 28.5 Å². The van der Waals surface area contributed by atoms with E-state index in [9.17, 15) is 9.59 Å². The number of piperidine rings is 1. The zero-order valence-corrected chi connectivity index (χ0v) is 19.5. The number of fused-ring (bicyclic) bond motifs is 1. The van der Waals surface area contributed by atoms with Crippen LogP contribution in [0.2, 0.25) is 5.02 Å². The van der Waals surface area contributed by atoms with Gasteiger partial charge in [-0.25, -0.2) is 4.79 Å². The highest BCUT2D eigenvalue weighted by atomic mass is 35.5. The Bertz CT molecular complexity index is 1350. The molecule has 1 fully saturated rings. The number of likely N-dealkylation sites (tertiary alicyclic amines) is 1. The van der Waals surface area contributed by atoms with Crippen LogP contribution in [0.3, 0.4) is 0 Å². The first-order valence-corrected chi connectivity index (χ1v) is 11.9. The van der Waals surface area contributed by atoms with Gasteiger partial charge in [-0.05, 0) is 48.1 Å². The lowest BCUT2D eigenvalue weighted by Crippen LogP contribution is -2.46. The van der Waals surface area contributed by atoms with Crippen molar-refractivity contribution in [3.8, 4) is 0 Å². The summed E-state index contributed by atoms with van der Waals surface area (Å²) in [6, 6.07) is 24.5. The summed E-state index contributed by atoms with van der Waals surface area (Å²) in [5.74, 6) is 0.463. The SMILES string of the molecule is O=C(NC(c1ccccc1)c1c[nH]c2cc(Cl)ccc2c1=O)N1CCC(c2ccccc2)CC1. The third kappa shape index (κ3) is 4.57. The van der Waals surface area contributed by atoms with Crippen LogP contribution in [0.5, 0.6) is 0 Å². The number of aromatic nitrogens is 1. The topological polar surface area (TPSA) is 65.2 Å². The van der Waals surface area contributed by atoms with Gasteiger partial charge in [-0.1, -0.05) is 72.3 Å². The molecule has 4 aromatic rings. The smallest absolute Gasteiger partial charge is 0.318 e. The van der Waals surface area contributed by atoms with Crippen LogP contribution in [0, 0.1) is 0 Å². The molecule has 2 amide bonds. The number of rotatable bonds is 4. The van der Waals surface area contributed by atoms with Crippen LogP contribution in [0.4, 0.5) is 4.79 Å². The number of amides is 2. The fraction of sp³-hybridized carbons (Fsp3) is 0.214. The second kappa shape index (κ2) is 9.74. The number of nitrogens with zero attached hydrogens (tertiary/aromatic N) is 1. The summed E-state index contributed by atoms with van der Waals surface area (Å²) in [4.78, 5) is 31.7. The monoisotopic (exact) mass is 471 g/mol. The minimum absolute atomic E-state index is 0.123. The molecule has 0 bridgehead atoms. The van der Waals surface area contributed by atoms with Crippen molar-refractivity contribution in [3.63, 3.8) is 0 Å². The van der Waals surface area contributed by atoms with Gasteiger partial charge in [0.05, 0.1) is 11.6 Å². The zero-order chi connectivity index (χ0) is 23.5. The first-order valence-electron chi connectivity index (χ1n) is 11.6. The van der Waals surface area contributed by atoms with Crippen molar-refractivity contribution in [1.29, 1.82) is 0 Å². The van der Waals surface area contributed by atoms with Gasteiger partial charge in [0, 0.05) is 35.3 Å². The summed E-state index contributed by atoms with van der Waals surface area (Å²) in [7, 11) is 0. The predicted molar refractivity (Wildman–Crippen MR) is 136 cm³/mol. The third-order valence-corrected chi connectivity index (χ3v) is 6.87. The second-order valence-electron chi connectivity index (χ2n) is 8.73. The molecule has 1 aromatic heterocycles. The summed E-state index contributed by atoms with van der Waals surface area (Å²) in [6.45, 7) is 1.36. The maximum Gasteiger partial charge on any atom is 0.318 e.